The molecule has 0 aliphatic rings. The Morgan fingerprint density at radius 2 is 0.778 bits per heavy atom. The fourth-order valence-corrected chi connectivity index (χ4v) is 0. The van der Waals surface area contributed by atoms with Gasteiger partial charge in [-0.05, 0) is 0 Å². The molecule has 7 heteroatoms. The van der Waals surface area contributed by atoms with E-state index in [-0.39, 0.29) is 18.9 Å². The van der Waals surface area contributed by atoms with E-state index in [1.807, 2.05) is 0 Å². The molecule has 0 aliphatic heterocycles. The second-order valence-electron chi connectivity index (χ2n) is 0.565. The van der Waals surface area contributed by atoms with Crippen LogP contribution in [-0.4, -0.2) is 32.7 Å². The van der Waals surface area contributed by atoms with Gasteiger partial charge in [-0.25, -0.2) is 9.59 Å². The molecule has 9 heavy (non-hydrogen) atoms. The zero-order valence-electron chi connectivity index (χ0n) is 4.61. The summed E-state index contributed by atoms with van der Waals surface area (Å²) in [7, 11) is 0. The predicted molar refractivity (Wildman–Crippen MR) is 21.3 cm³/mol. The van der Waals surface area contributed by atoms with E-state index < -0.39 is 12.3 Å². The van der Waals surface area contributed by atoms with E-state index in [9.17, 15) is 0 Å². The minimum atomic E-state index is -1.83. The van der Waals surface area contributed by atoms with Crippen molar-refractivity contribution < 1.29 is 48.9 Å². The Morgan fingerprint density at radius 3 is 0.778 bits per heavy atom. The van der Waals surface area contributed by atoms with Gasteiger partial charge in [-0.1, -0.05) is 0 Å². The quantitative estimate of drug-likeness (QED) is 0.269. The van der Waals surface area contributed by atoms with Crippen LogP contribution in [0.3, 0.4) is 0 Å². The topological polar surface area (TPSA) is 115 Å². The standard InChI is InChI=1S/2CH2O3.Li/c2*2-1(3)4;/h2*(H2,2,3,4);/q;;+1. The van der Waals surface area contributed by atoms with Crippen LogP contribution in [0.5, 0.6) is 0 Å². The fraction of sp³-hybridized carbons (Fsp3) is 0. The van der Waals surface area contributed by atoms with Crippen LogP contribution in [0, 0.1) is 0 Å². The normalized spacial score (nSPS) is 5.33. The summed E-state index contributed by atoms with van der Waals surface area (Å²) in [6.07, 6.45) is -3.67. The Morgan fingerprint density at radius 1 is 0.778 bits per heavy atom. The van der Waals surface area contributed by atoms with Crippen LogP contribution in [0.4, 0.5) is 9.59 Å². The first-order chi connectivity index (χ1) is 3.46. The van der Waals surface area contributed by atoms with Crippen molar-refractivity contribution in [3.63, 3.8) is 0 Å². The maximum absolute atomic E-state index is 8.56. The van der Waals surface area contributed by atoms with Gasteiger partial charge in [0.2, 0.25) is 0 Å². The molecule has 0 heterocycles. The zero-order valence-corrected chi connectivity index (χ0v) is 4.61. The molecule has 0 aromatic rings. The molecule has 0 radical (unpaired) electrons. The Hall–Kier alpha value is -0.863. The van der Waals surface area contributed by atoms with Gasteiger partial charge in [-0.3, -0.25) is 0 Å². The average molecular weight is 131 g/mol. The molecular formula is C2H4LiO6+. The van der Waals surface area contributed by atoms with Crippen LogP contribution in [0.25, 0.3) is 0 Å². The molecule has 0 spiro atoms. The molecule has 0 saturated heterocycles. The third-order valence-electron chi connectivity index (χ3n) is 0. The van der Waals surface area contributed by atoms with Gasteiger partial charge >= 0.3 is 31.2 Å². The number of carboxylic acid groups (broad SMARTS) is 4. The Balaban J connectivity index is -0.0000000720. The fourth-order valence-electron chi connectivity index (χ4n) is 0. The summed E-state index contributed by atoms with van der Waals surface area (Å²) in [6.45, 7) is 0. The van der Waals surface area contributed by atoms with E-state index in [2.05, 4.69) is 0 Å². The van der Waals surface area contributed by atoms with Crippen molar-refractivity contribution in [1.29, 1.82) is 0 Å². The van der Waals surface area contributed by atoms with Gasteiger partial charge in [0.15, 0.2) is 0 Å². The van der Waals surface area contributed by atoms with Crippen LogP contribution in [0.1, 0.15) is 0 Å². The minimum absolute atomic E-state index is 0. The number of hydrogen-bond donors (Lipinski definition) is 4. The van der Waals surface area contributed by atoms with Crippen LogP contribution in [0.15, 0.2) is 0 Å². The molecule has 0 atom stereocenters. The summed E-state index contributed by atoms with van der Waals surface area (Å²) in [5.41, 5.74) is 0. The van der Waals surface area contributed by atoms with E-state index in [1.165, 1.54) is 0 Å². The second kappa shape index (κ2) is 10.2. The van der Waals surface area contributed by atoms with Gasteiger partial charge in [0, 0.05) is 0 Å². The van der Waals surface area contributed by atoms with Crippen molar-refractivity contribution in [3.05, 3.63) is 0 Å². The minimum Gasteiger partial charge on any atom is -0.450 e. The Labute approximate surface area is 61.9 Å². The smallest absolute Gasteiger partial charge is 0.450 e. The largest absolute Gasteiger partial charge is 1.00 e. The summed E-state index contributed by atoms with van der Waals surface area (Å²) >= 11 is 0. The van der Waals surface area contributed by atoms with E-state index in [1.54, 1.807) is 0 Å². The first-order valence-electron chi connectivity index (χ1n) is 1.30. The molecule has 0 bridgehead atoms. The molecule has 48 valence electrons. The molecule has 0 aromatic heterocycles. The van der Waals surface area contributed by atoms with E-state index in [0.717, 1.165) is 0 Å². The third kappa shape index (κ3) is 253. The molecule has 0 aromatic carbocycles. The van der Waals surface area contributed by atoms with Gasteiger partial charge in [-0.2, -0.15) is 0 Å². The molecule has 0 rings (SSSR count). The molecular weight excluding hydrogens is 127 g/mol. The first-order valence-corrected chi connectivity index (χ1v) is 1.30. The van der Waals surface area contributed by atoms with Gasteiger partial charge < -0.3 is 20.4 Å². The molecule has 0 aliphatic carbocycles. The Bertz CT molecular complexity index is 69.1. The van der Waals surface area contributed by atoms with Crippen LogP contribution >= 0.6 is 0 Å². The molecule has 0 amide bonds. The van der Waals surface area contributed by atoms with Crippen molar-refractivity contribution >= 4 is 12.3 Å². The van der Waals surface area contributed by atoms with Gasteiger partial charge in [-0.15, -0.1) is 0 Å². The van der Waals surface area contributed by atoms with Crippen LogP contribution < -0.4 is 18.9 Å². The van der Waals surface area contributed by atoms with Gasteiger partial charge in [0.25, 0.3) is 0 Å². The summed E-state index contributed by atoms with van der Waals surface area (Å²) in [5, 5.41) is 27.9. The predicted octanol–water partition coefficient (Wildman–Crippen LogP) is -2.55. The van der Waals surface area contributed by atoms with Crippen molar-refractivity contribution in [3.8, 4) is 0 Å². The Kier molecular flexibility index (Phi) is 17.8. The second-order valence-corrected chi connectivity index (χ2v) is 0.565. The van der Waals surface area contributed by atoms with Crippen molar-refractivity contribution in [2.24, 2.45) is 0 Å². The van der Waals surface area contributed by atoms with E-state index in [4.69, 9.17) is 30.0 Å². The number of rotatable bonds is 0. The summed E-state index contributed by atoms with van der Waals surface area (Å²) in [4.78, 5) is 17.1. The van der Waals surface area contributed by atoms with Gasteiger partial charge in [0.1, 0.15) is 0 Å². The maximum atomic E-state index is 8.56. The SMILES string of the molecule is O=C(O)O.O=C(O)O.[Li+]. The monoisotopic (exact) mass is 131 g/mol. The van der Waals surface area contributed by atoms with Gasteiger partial charge in [0.05, 0.1) is 0 Å². The van der Waals surface area contributed by atoms with E-state index >= 15 is 0 Å². The van der Waals surface area contributed by atoms with Crippen molar-refractivity contribution in [1.82, 2.24) is 0 Å². The summed E-state index contributed by atoms with van der Waals surface area (Å²) < 4.78 is 0. The van der Waals surface area contributed by atoms with Crippen molar-refractivity contribution in [2.75, 3.05) is 0 Å². The summed E-state index contributed by atoms with van der Waals surface area (Å²) in [5.74, 6) is 0. The van der Waals surface area contributed by atoms with Crippen LogP contribution in [-0.2, 0) is 0 Å². The first kappa shape index (κ1) is 15.7. The molecule has 0 saturated carbocycles. The van der Waals surface area contributed by atoms with E-state index in [0.29, 0.717) is 0 Å². The van der Waals surface area contributed by atoms with Crippen LogP contribution in [0.2, 0.25) is 0 Å². The average Bonchev–Trinajstić information content (AvgIpc) is 1.25. The van der Waals surface area contributed by atoms with Crippen molar-refractivity contribution in [2.45, 2.75) is 0 Å². The molecule has 0 fully saturated rings. The maximum Gasteiger partial charge on any atom is 1.00 e. The zero-order chi connectivity index (χ0) is 7.15. The third-order valence-corrected chi connectivity index (χ3v) is 0. The summed E-state index contributed by atoms with van der Waals surface area (Å²) in [6, 6.07) is 0. The molecule has 4 N–H and O–H groups in total. The number of carbonyl (C=O) groups is 2. The molecule has 0 unspecified atom stereocenters. The number of hydrogen-bond acceptors (Lipinski definition) is 2. The molecule has 6 nitrogen and oxygen atoms in total.